The molecule has 4 heterocycles. The third kappa shape index (κ3) is 4.19. The average molecular weight is 469 g/mol. The number of hydrogen-bond donors (Lipinski definition) is 1. The number of sulfonamides is 1. The highest BCUT2D eigenvalue weighted by atomic mass is 35.5. The van der Waals surface area contributed by atoms with E-state index in [1.165, 1.54) is 6.20 Å². The van der Waals surface area contributed by atoms with Gasteiger partial charge in [0.1, 0.15) is 10.7 Å². The number of halogens is 1. The fraction of sp³-hybridized carbons (Fsp3) is 0.227. The predicted molar refractivity (Wildman–Crippen MR) is 124 cm³/mol. The van der Waals surface area contributed by atoms with Crippen LogP contribution in [0, 0.1) is 0 Å². The number of anilines is 1. The van der Waals surface area contributed by atoms with Gasteiger partial charge >= 0.3 is 0 Å². The molecule has 0 bridgehead atoms. The third-order valence-corrected chi connectivity index (χ3v) is 7.27. The van der Waals surface area contributed by atoms with Crippen LogP contribution in [0.2, 0.25) is 5.02 Å². The lowest BCUT2D eigenvalue weighted by molar-refractivity contribution is 0.464. The van der Waals surface area contributed by atoms with Crippen molar-refractivity contribution in [3.8, 4) is 5.69 Å². The molecule has 4 aromatic rings. The van der Waals surface area contributed by atoms with Crippen molar-refractivity contribution in [2.24, 2.45) is 0 Å². The number of piperidine rings is 1. The second-order valence-electron chi connectivity index (χ2n) is 7.73. The number of nitrogens with zero attached hydrogens (tertiary/aromatic N) is 5. The van der Waals surface area contributed by atoms with Gasteiger partial charge in [-0.1, -0.05) is 11.6 Å². The zero-order valence-electron chi connectivity index (χ0n) is 17.1. The summed E-state index contributed by atoms with van der Waals surface area (Å²) in [6.07, 6.45) is 9.86. The smallest absolute Gasteiger partial charge is 0.242 e. The Hall–Kier alpha value is -3.01. The average Bonchev–Trinajstić information content (AvgIpc) is 3.33. The molecular formula is C22H21ClN6O2S. The van der Waals surface area contributed by atoms with Crippen LogP contribution in [0.25, 0.3) is 16.6 Å². The molecule has 0 radical (unpaired) electrons. The Morgan fingerprint density at radius 1 is 1.12 bits per heavy atom. The van der Waals surface area contributed by atoms with Crippen LogP contribution >= 0.6 is 11.6 Å². The first-order valence-corrected chi connectivity index (χ1v) is 12.1. The van der Waals surface area contributed by atoms with Crippen LogP contribution in [0.5, 0.6) is 0 Å². The number of aromatic nitrogens is 4. The zero-order chi connectivity index (χ0) is 22.1. The van der Waals surface area contributed by atoms with Gasteiger partial charge < -0.3 is 9.47 Å². The van der Waals surface area contributed by atoms with Gasteiger partial charge in [-0.05, 0) is 43.2 Å². The maximum Gasteiger partial charge on any atom is 0.242 e. The molecule has 32 heavy (non-hydrogen) atoms. The van der Waals surface area contributed by atoms with E-state index in [4.69, 9.17) is 16.6 Å². The molecule has 1 aliphatic heterocycles. The largest absolute Gasteiger partial charge is 0.355 e. The number of benzene rings is 1. The lowest BCUT2D eigenvalue weighted by atomic mass is 10.1. The van der Waals surface area contributed by atoms with Crippen LogP contribution < -0.4 is 9.62 Å². The molecule has 5 rings (SSSR count). The van der Waals surface area contributed by atoms with Crippen LogP contribution in [0.3, 0.4) is 0 Å². The number of rotatable bonds is 5. The molecule has 1 unspecified atom stereocenters. The van der Waals surface area contributed by atoms with E-state index in [2.05, 4.69) is 19.6 Å². The number of imidazole rings is 1. The summed E-state index contributed by atoms with van der Waals surface area (Å²) in [5.41, 5.74) is 1.72. The summed E-state index contributed by atoms with van der Waals surface area (Å²) in [4.78, 5) is 15.2. The minimum atomic E-state index is -3.64. The molecule has 3 aromatic heterocycles. The van der Waals surface area contributed by atoms with Gasteiger partial charge in [-0.25, -0.2) is 23.1 Å². The van der Waals surface area contributed by atoms with Gasteiger partial charge in [-0.3, -0.25) is 4.98 Å². The number of hydrogen-bond acceptors (Lipinski definition) is 6. The van der Waals surface area contributed by atoms with Crippen molar-refractivity contribution in [1.82, 2.24) is 24.2 Å². The van der Waals surface area contributed by atoms with E-state index in [-0.39, 0.29) is 10.9 Å². The molecule has 8 nitrogen and oxygen atoms in total. The molecule has 1 N–H and O–H groups in total. The molecule has 1 aliphatic rings. The van der Waals surface area contributed by atoms with Gasteiger partial charge in [0.05, 0.1) is 17.5 Å². The van der Waals surface area contributed by atoms with E-state index >= 15 is 0 Å². The van der Waals surface area contributed by atoms with Crippen LogP contribution in [-0.2, 0) is 10.0 Å². The Kier molecular flexibility index (Phi) is 5.54. The summed E-state index contributed by atoms with van der Waals surface area (Å²) < 4.78 is 30.3. The van der Waals surface area contributed by atoms with Crippen LogP contribution in [0.1, 0.15) is 12.8 Å². The fourth-order valence-corrected chi connectivity index (χ4v) is 5.41. The molecular weight excluding hydrogens is 448 g/mol. The quantitative estimate of drug-likeness (QED) is 0.482. The zero-order valence-corrected chi connectivity index (χ0v) is 18.7. The summed E-state index contributed by atoms with van der Waals surface area (Å²) >= 11 is 6.23. The summed E-state index contributed by atoms with van der Waals surface area (Å²) in [5.74, 6) is 0.772. The molecule has 0 spiro atoms. The standard InChI is InChI=1S/C22H21ClN6O2S/c23-16-5-6-19-20(11-16)26-22(12-21(19)29-10-8-25-15-29)28-9-2-3-17(14-28)27-32(30,31)18-4-1-7-24-13-18/h1,4-8,10-13,15,17,27H,2-3,9,14H2. The molecule has 0 saturated carbocycles. The van der Waals surface area contributed by atoms with Crippen molar-refractivity contribution in [2.75, 3.05) is 18.0 Å². The van der Waals surface area contributed by atoms with E-state index in [1.54, 1.807) is 30.9 Å². The molecule has 10 heteroatoms. The molecule has 1 saturated heterocycles. The maximum absolute atomic E-state index is 12.8. The van der Waals surface area contributed by atoms with Gasteiger partial charge in [0.25, 0.3) is 0 Å². The summed E-state index contributed by atoms with van der Waals surface area (Å²) in [6.45, 7) is 1.30. The van der Waals surface area contributed by atoms with E-state index in [9.17, 15) is 8.42 Å². The summed E-state index contributed by atoms with van der Waals surface area (Å²) in [6, 6.07) is 10.6. The first kappa shape index (κ1) is 20.9. The fourth-order valence-electron chi connectivity index (χ4n) is 4.02. The topological polar surface area (TPSA) is 93.0 Å². The van der Waals surface area contributed by atoms with E-state index in [0.29, 0.717) is 11.6 Å². The van der Waals surface area contributed by atoms with Gasteiger partial charge in [0.2, 0.25) is 10.0 Å². The van der Waals surface area contributed by atoms with Crippen molar-refractivity contribution in [2.45, 2.75) is 23.8 Å². The highest BCUT2D eigenvalue weighted by Gasteiger charge is 2.26. The highest BCUT2D eigenvalue weighted by Crippen LogP contribution is 2.29. The second kappa shape index (κ2) is 8.50. The molecule has 0 amide bonds. The highest BCUT2D eigenvalue weighted by molar-refractivity contribution is 7.89. The predicted octanol–water partition coefficient (Wildman–Crippen LogP) is 3.42. The van der Waals surface area contributed by atoms with Gasteiger partial charge in [-0.2, -0.15) is 0 Å². The second-order valence-corrected chi connectivity index (χ2v) is 9.88. The molecule has 1 atom stereocenters. The Labute approximate surface area is 190 Å². The monoisotopic (exact) mass is 468 g/mol. The Morgan fingerprint density at radius 3 is 2.81 bits per heavy atom. The lowest BCUT2D eigenvalue weighted by Gasteiger charge is -2.34. The van der Waals surface area contributed by atoms with Crippen molar-refractivity contribution in [3.05, 3.63) is 72.5 Å². The van der Waals surface area contributed by atoms with Crippen LogP contribution in [-0.4, -0.2) is 47.1 Å². The Balaban J connectivity index is 1.46. The SMILES string of the molecule is O=S(=O)(NC1CCCN(c2cc(-n3ccnc3)c3ccc(Cl)cc3n2)C1)c1cccnc1. The van der Waals surface area contributed by atoms with Crippen LogP contribution in [0.15, 0.2) is 72.4 Å². The van der Waals surface area contributed by atoms with Crippen LogP contribution in [0.4, 0.5) is 5.82 Å². The first-order chi connectivity index (χ1) is 15.5. The molecule has 1 aromatic carbocycles. The van der Waals surface area contributed by atoms with Crippen molar-refractivity contribution < 1.29 is 8.42 Å². The summed E-state index contributed by atoms with van der Waals surface area (Å²) in [5, 5.41) is 1.57. The maximum atomic E-state index is 12.8. The molecule has 1 fully saturated rings. The van der Waals surface area contributed by atoms with Gasteiger partial charge in [0, 0.05) is 60.4 Å². The molecule has 164 valence electrons. The van der Waals surface area contributed by atoms with Crippen molar-refractivity contribution in [1.29, 1.82) is 0 Å². The minimum absolute atomic E-state index is 0.165. The van der Waals surface area contributed by atoms with Crippen molar-refractivity contribution in [3.63, 3.8) is 0 Å². The minimum Gasteiger partial charge on any atom is -0.355 e. The first-order valence-electron chi connectivity index (χ1n) is 10.3. The third-order valence-electron chi connectivity index (χ3n) is 5.53. The van der Waals surface area contributed by atoms with E-state index < -0.39 is 10.0 Å². The van der Waals surface area contributed by atoms with Gasteiger partial charge in [-0.15, -0.1) is 0 Å². The number of fused-ring (bicyclic) bond motifs is 1. The Bertz CT molecular complexity index is 1350. The van der Waals surface area contributed by atoms with Gasteiger partial charge in [0.15, 0.2) is 0 Å². The lowest BCUT2D eigenvalue weighted by Crippen LogP contribution is -2.48. The Morgan fingerprint density at radius 2 is 2.03 bits per heavy atom. The summed E-state index contributed by atoms with van der Waals surface area (Å²) in [7, 11) is -3.64. The number of pyridine rings is 2. The van der Waals surface area contributed by atoms with E-state index in [0.717, 1.165) is 41.8 Å². The number of nitrogens with one attached hydrogen (secondary N) is 1. The van der Waals surface area contributed by atoms with E-state index in [1.807, 2.05) is 35.0 Å². The van der Waals surface area contributed by atoms with Crippen molar-refractivity contribution >= 4 is 38.3 Å². The molecule has 0 aliphatic carbocycles. The normalized spacial score (nSPS) is 17.0.